The summed E-state index contributed by atoms with van der Waals surface area (Å²) in [5, 5.41) is 8.94. The number of carboxylic acids is 1. The van der Waals surface area contributed by atoms with Crippen molar-refractivity contribution in [3.8, 4) is 18.1 Å². The summed E-state index contributed by atoms with van der Waals surface area (Å²) in [6, 6.07) is 7.49. The number of hydrogen-bond acceptors (Lipinski definition) is 3. The molecule has 0 bridgehead atoms. The molecule has 0 aromatic heterocycles. The first-order chi connectivity index (χ1) is 9.10. The van der Waals surface area contributed by atoms with Gasteiger partial charge in [-0.3, -0.25) is 9.69 Å². The van der Waals surface area contributed by atoms with E-state index in [0.717, 1.165) is 11.3 Å². The molecule has 0 heterocycles. The van der Waals surface area contributed by atoms with Gasteiger partial charge in [-0.25, -0.2) is 0 Å². The van der Waals surface area contributed by atoms with E-state index in [2.05, 4.69) is 5.92 Å². The molecule has 0 spiro atoms. The first-order valence-corrected chi connectivity index (χ1v) is 6.21. The molecule has 1 aromatic carbocycles. The van der Waals surface area contributed by atoms with Gasteiger partial charge in [0.15, 0.2) is 0 Å². The molecular weight excluding hydrogens is 242 g/mol. The molecule has 1 unspecified atom stereocenters. The summed E-state index contributed by atoms with van der Waals surface area (Å²) < 4.78 is 5.57. The highest BCUT2D eigenvalue weighted by molar-refractivity contribution is 5.69. The molecular formula is C15H19NO3. The molecule has 1 rings (SSSR count). The molecule has 1 atom stereocenters. The smallest absolute Gasteiger partial charge is 0.317 e. The molecule has 0 saturated carbocycles. The van der Waals surface area contributed by atoms with Crippen molar-refractivity contribution in [2.24, 2.45) is 0 Å². The summed E-state index contributed by atoms with van der Waals surface area (Å²) in [6.45, 7) is 4.60. The van der Waals surface area contributed by atoms with Crippen molar-refractivity contribution < 1.29 is 14.6 Å². The van der Waals surface area contributed by atoms with Crippen LogP contribution in [0.5, 0.6) is 5.75 Å². The summed E-state index contributed by atoms with van der Waals surface area (Å²) in [6.07, 6.45) is 5.30. The Hall–Kier alpha value is -1.99. The van der Waals surface area contributed by atoms with Gasteiger partial charge in [-0.05, 0) is 19.9 Å². The Morgan fingerprint density at radius 2 is 2.21 bits per heavy atom. The fourth-order valence-electron chi connectivity index (χ4n) is 1.93. The van der Waals surface area contributed by atoms with Crippen molar-refractivity contribution in [1.82, 2.24) is 4.90 Å². The third kappa shape index (κ3) is 4.31. The van der Waals surface area contributed by atoms with E-state index >= 15 is 0 Å². The van der Waals surface area contributed by atoms with Crippen molar-refractivity contribution in [1.29, 1.82) is 0 Å². The lowest BCUT2D eigenvalue weighted by molar-refractivity contribution is -0.138. The van der Waals surface area contributed by atoms with Crippen LogP contribution < -0.4 is 4.74 Å². The molecule has 19 heavy (non-hydrogen) atoms. The molecule has 0 saturated heterocycles. The number of benzene rings is 1. The molecule has 0 aliphatic rings. The van der Waals surface area contributed by atoms with Crippen LogP contribution in [0, 0.1) is 12.3 Å². The number of nitrogens with zero attached hydrogens (tertiary/aromatic N) is 1. The Balaban J connectivity index is 2.98. The van der Waals surface area contributed by atoms with Gasteiger partial charge in [-0.15, -0.1) is 6.42 Å². The molecule has 102 valence electrons. The fourth-order valence-corrected chi connectivity index (χ4v) is 1.93. The standard InChI is InChI=1S/C15H19NO3/c1-4-10-16(11-15(17)18)12(3)13-8-6-7-9-14(13)19-5-2/h1,6-9,12H,5,10-11H2,2-3H3,(H,17,18). The zero-order valence-corrected chi connectivity index (χ0v) is 11.3. The minimum absolute atomic E-state index is 0.0914. The van der Waals surface area contributed by atoms with Crippen LogP contribution in [0.3, 0.4) is 0 Å². The number of ether oxygens (including phenoxy) is 1. The van der Waals surface area contributed by atoms with Crippen LogP contribution in [0.1, 0.15) is 25.5 Å². The van der Waals surface area contributed by atoms with E-state index in [-0.39, 0.29) is 19.1 Å². The summed E-state index contributed by atoms with van der Waals surface area (Å²) in [4.78, 5) is 12.6. The first-order valence-electron chi connectivity index (χ1n) is 6.21. The number of hydrogen-bond donors (Lipinski definition) is 1. The van der Waals surface area contributed by atoms with Crippen LogP contribution in [-0.2, 0) is 4.79 Å². The average Bonchev–Trinajstić information content (AvgIpc) is 2.38. The van der Waals surface area contributed by atoms with Gasteiger partial charge in [0.25, 0.3) is 0 Å². The summed E-state index contributed by atoms with van der Waals surface area (Å²) in [5.41, 5.74) is 0.945. The molecule has 0 radical (unpaired) electrons. The third-order valence-electron chi connectivity index (χ3n) is 2.85. The SMILES string of the molecule is C#CCN(CC(=O)O)C(C)c1ccccc1OCC. The number of rotatable bonds is 7. The van der Waals surface area contributed by atoms with Crippen molar-refractivity contribution in [2.45, 2.75) is 19.9 Å². The normalized spacial score (nSPS) is 11.9. The largest absolute Gasteiger partial charge is 0.494 e. The molecule has 0 aliphatic heterocycles. The van der Waals surface area contributed by atoms with Crippen molar-refractivity contribution in [2.75, 3.05) is 19.7 Å². The van der Waals surface area contributed by atoms with E-state index in [0.29, 0.717) is 6.61 Å². The second kappa shape index (κ2) is 7.45. The predicted octanol–water partition coefficient (Wildman–Crippen LogP) is 2.17. The second-order valence-electron chi connectivity index (χ2n) is 4.15. The molecule has 1 aromatic rings. The van der Waals surface area contributed by atoms with Crippen LogP contribution in [0.4, 0.5) is 0 Å². The van der Waals surface area contributed by atoms with E-state index in [1.807, 2.05) is 38.1 Å². The number of aliphatic carboxylic acids is 1. The average molecular weight is 261 g/mol. The molecule has 1 N–H and O–H groups in total. The molecule has 0 fully saturated rings. The molecule has 4 heteroatoms. The van der Waals surface area contributed by atoms with Crippen molar-refractivity contribution in [3.63, 3.8) is 0 Å². The highest BCUT2D eigenvalue weighted by atomic mass is 16.5. The molecule has 4 nitrogen and oxygen atoms in total. The lowest BCUT2D eigenvalue weighted by Crippen LogP contribution is -2.33. The van der Waals surface area contributed by atoms with Crippen molar-refractivity contribution >= 4 is 5.97 Å². The number of terminal acetylenes is 1. The van der Waals surface area contributed by atoms with E-state index in [4.69, 9.17) is 16.3 Å². The van der Waals surface area contributed by atoms with Crippen molar-refractivity contribution in [3.05, 3.63) is 29.8 Å². The monoisotopic (exact) mass is 261 g/mol. The number of carboxylic acid groups (broad SMARTS) is 1. The van der Waals surface area contributed by atoms with E-state index in [1.165, 1.54) is 0 Å². The lowest BCUT2D eigenvalue weighted by atomic mass is 10.1. The summed E-state index contributed by atoms with van der Waals surface area (Å²) in [5.74, 6) is 2.37. The van der Waals surface area contributed by atoms with E-state index in [1.54, 1.807) is 4.90 Å². The van der Waals surface area contributed by atoms with Crippen LogP contribution in [-0.4, -0.2) is 35.7 Å². The van der Waals surface area contributed by atoms with Gasteiger partial charge in [-0.2, -0.15) is 0 Å². The van der Waals surface area contributed by atoms with Gasteiger partial charge in [0.2, 0.25) is 0 Å². The highest BCUT2D eigenvalue weighted by Crippen LogP contribution is 2.28. The molecule has 0 aliphatic carbocycles. The van der Waals surface area contributed by atoms with Gasteiger partial charge in [0.05, 0.1) is 19.7 Å². The summed E-state index contributed by atoms with van der Waals surface area (Å²) in [7, 11) is 0. The lowest BCUT2D eigenvalue weighted by Gasteiger charge is -2.27. The maximum atomic E-state index is 10.9. The van der Waals surface area contributed by atoms with Gasteiger partial charge in [0.1, 0.15) is 5.75 Å². The zero-order chi connectivity index (χ0) is 14.3. The van der Waals surface area contributed by atoms with Crippen LogP contribution in [0.15, 0.2) is 24.3 Å². The Bertz CT molecular complexity index is 465. The topological polar surface area (TPSA) is 49.8 Å². The summed E-state index contributed by atoms with van der Waals surface area (Å²) >= 11 is 0. The van der Waals surface area contributed by atoms with E-state index in [9.17, 15) is 4.79 Å². The molecule has 0 amide bonds. The minimum Gasteiger partial charge on any atom is -0.494 e. The van der Waals surface area contributed by atoms with Crippen LogP contribution in [0.25, 0.3) is 0 Å². The maximum Gasteiger partial charge on any atom is 0.317 e. The quantitative estimate of drug-likeness (QED) is 0.764. The van der Waals surface area contributed by atoms with Crippen LogP contribution in [0.2, 0.25) is 0 Å². The minimum atomic E-state index is -0.893. The number of para-hydroxylation sites is 1. The van der Waals surface area contributed by atoms with E-state index < -0.39 is 5.97 Å². The third-order valence-corrected chi connectivity index (χ3v) is 2.85. The Kier molecular flexibility index (Phi) is 5.91. The first kappa shape index (κ1) is 15.1. The zero-order valence-electron chi connectivity index (χ0n) is 11.3. The van der Waals surface area contributed by atoms with Gasteiger partial charge in [0, 0.05) is 11.6 Å². The highest BCUT2D eigenvalue weighted by Gasteiger charge is 2.20. The Morgan fingerprint density at radius 3 is 2.79 bits per heavy atom. The Labute approximate surface area is 114 Å². The van der Waals surface area contributed by atoms with Gasteiger partial charge < -0.3 is 9.84 Å². The number of carbonyl (C=O) groups is 1. The predicted molar refractivity (Wildman–Crippen MR) is 74.1 cm³/mol. The maximum absolute atomic E-state index is 10.9. The van der Waals surface area contributed by atoms with Gasteiger partial charge in [-0.1, -0.05) is 24.1 Å². The fraction of sp³-hybridized carbons (Fsp3) is 0.400. The second-order valence-corrected chi connectivity index (χ2v) is 4.15. The Morgan fingerprint density at radius 1 is 1.53 bits per heavy atom. The van der Waals surface area contributed by atoms with Crippen LogP contribution >= 0.6 is 0 Å². The van der Waals surface area contributed by atoms with Gasteiger partial charge >= 0.3 is 5.97 Å².